The van der Waals surface area contributed by atoms with Gasteiger partial charge >= 0.3 is 0 Å². The summed E-state index contributed by atoms with van der Waals surface area (Å²) in [7, 11) is 0. The summed E-state index contributed by atoms with van der Waals surface area (Å²) >= 11 is 1.74. The van der Waals surface area contributed by atoms with Crippen LogP contribution in [0.25, 0.3) is 5.65 Å². The van der Waals surface area contributed by atoms with Gasteiger partial charge in [0, 0.05) is 12.7 Å². The lowest BCUT2D eigenvalue weighted by molar-refractivity contribution is -0.132. The van der Waals surface area contributed by atoms with Crippen molar-refractivity contribution in [1.82, 2.24) is 19.9 Å². The van der Waals surface area contributed by atoms with Crippen molar-refractivity contribution in [3.05, 3.63) is 30.2 Å². The second kappa shape index (κ2) is 7.96. The average Bonchev–Trinajstić information content (AvgIpc) is 3.25. The molecule has 130 valence electrons. The molecule has 1 fully saturated rings. The number of rotatable bonds is 7. The van der Waals surface area contributed by atoms with Crippen molar-refractivity contribution in [2.45, 2.75) is 37.5 Å². The van der Waals surface area contributed by atoms with Crippen molar-refractivity contribution in [2.75, 3.05) is 18.6 Å². The maximum atomic E-state index is 12.6. The number of hydrogen-bond donors (Lipinski definition) is 2. The van der Waals surface area contributed by atoms with Gasteiger partial charge in [-0.15, -0.1) is 10.2 Å². The van der Waals surface area contributed by atoms with Gasteiger partial charge in [-0.2, -0.15) is 11.8 Å². The summed E-state index contributed by atoms with van der Waals surface area (Å²) in [5, 5.41) is 11.6. The van der Waals surface area contributed by atoms with Gasteiger partial charge in [0.05, 0.1) is 12.1 Å². The highest BCUT2D eigenvalue weighted by Gasteiger charge is 2.32. The van der Waals surface area contributed by atoms with Crippen LogP contribution in [0.3, 0.4) is 0 Å². The number of thioether (sulfide) groups is 1. The van der Waals surface area contributed by atoms with Gasteiger partial charge in [0.15, 0.2) is 11.5 Å². The summed E-state index contributed by atoms with van der Waals surface area (Å²) in [4.78, 5) is 12.6. The first kappa shape index (κ1) is 17.2. The van der Waals surface area contributed by atoms with Crippen LogP contribution in [0.15, 0.2) is 24.4 Å². The fourth-order valence-electron chi connectivity index (χ4n) is 2.94. The summed E-state index contributed by atoms with van der Waals surface area (Å²) in [6.45, 7) is 0.453. The van der Waals surface area contributed by atoms with Crippen molar-refractivity contribution in [1.29, 1.82) is 0 Å². The molecule has 2 aromatic heterocycles. The maximum Gasteiger partial charge on any atom is 0.249 e. The summed E-state index contributed by atoms with van der Waals surface area (Å²) < 4.78 is 7.62. The molecule has 1 aliphatic heterocycles. The van der Waals surface area contributed by atoms with Gasteiger partial charge in [-0.1, -0.05) is 6.07 Å². The normalized spacial score (nSPS) is 21.9. The molecule has 1 unspecified atom stereocenters. The van der Waals surface area contributed by atoms with E-state index in [0.29, 0.717) is 13.0 Å². The van der Waals surface area contributed by atoms with Gasteiger partial charge in [-0.25, -0.2) is 0 Å². The third kappa shape index (κ3) is 3.71. The Bertz CT molecular complexity index is 692. The molecule has 24 heavy (non-hydrogen) atoms. The van der Waals surface area contributed by atoms with Crippen LogP contribution in [0, 0.1) is 0 Å². The third-order valence-electron chi connectivity index (χ3n) is 4.24. The fourth-order valence-corrected chi connectivity index (χ4v) is 3.41. The quantitative estimate of drug-likeness (QED) is 0.779. The molecule has 3 atom stereocenters. The number of fused-ring (bicyclic) bond motifs is 1. The average molecular weight is 349 g/mol. The van der Waals surface area contributed by atoms with E-state index in [1.807, 2.05) is 35.1 Å². The van der Waals surface area contributed by atoms with Crippen LogP contribution in [-0.2, 0) is 9.53 Å². The van der Waals surface area contributed by atoms with Crippen molar-refractivity contribution in [2.24, 2.45) is 5.73 Å². The van der Waals surface area contributed by atoms with E-state index >= 15 is 0 Å². The molecule has 3 N–H and O–H groups in total. The predicted octanol–water partition coefficient (Wildman–Crippen LogP) is 1.15. The van der Waals surface area contributed by atoms with Crippen molar-refractivity contribution in [3.63, 3.8) is 0 Å². The zero-order chi connectivity index (χ0) is 16.9. The minimum absolute atomic E-state index is 0.0145. The number of hydrogen-bond acceptors (Lipinski definition) is 6. The number of carbonyl (C=O) groups is 1. The first-order chi connectivity index (χ1) is 11.7. The maximum absolute atomic E-state index is 12.6. The molecule has 2 aromatic rings. The van der Waals surface area contributed by atoms with Gasteiger partial charge in [0.25, 0.3) is 0 Å². The first-order valence-corrected chi connectivity index (χ1v) is 9.56. The Morgan fingerprint density at radius 2 is 2.38 bits per heavy atom. The molecular formula is C16H23N5O2S. The Labute approximate surface area is 145 Å². The largest absolute Gasteiger partial charge is 0.364 e. The monoisotopic (exact) mass is 349 g/mol. The third-order valence-corrected chi connectivity index (χ3v) is 4.89. The molecule has 1 saturated heterocycles. The molecule has 1 amide bonds. The molecule has 0 aromatic carbocycles. The van der Waals surface area contributed by atoms with Crippen LogP contribution in [0.1, 0.15) is 31.1 Å². The van der Waals surface area contributed by atoms with E-state index in [2.05, 4.69) is 15.5 Å². The van der Waals surface area contributed by atoms with Gasteiger partial charge in [0.1, 0.15) is 6.10 Å². The minimum atomic E-state index is -0.422. The second-order valence-electron chi connectivity index (χ2n) is 5.89. The lowest BCUT2D eigenvalue weighted by atomic mass is 10.1. The summed E-state index contributed by atoms with van der Waals surface area (Å²) in [6.07, 6.45) is 5.86. The molecule has 3 heterocycles. The lowest BCUT2D eigenvalue weighted by Gasteiger charge is -2.19. The molecular weight excluding hydrogens is 326 g/mol. The molecule has 0 spiro atoms. The van der Waals surface area contributed by atoms with Gasteiger partial charge < -0.3 is 15.8 Å². The molecule has 0 saturated carbocycles. The number of pyridine rings is 1. The lowest BCUT2D eigenvalue weighted by Crippen LogP contribution is -2.38. The number of carbonyl (C=O) groups excluding carboxylic acids is 1. The molecule has 0 aliphatic carbocycles. The molecule has 0 bridgehead atoms. The number of nitrogens with one attached hydrogen (secondary N) is 1. The van der Waals surface area contributed by atoms with Gasteiger partial charge in [-0.05, 0) is 43.4 Å². The zero-order valence-electron chi connectivity index (χ0n) is 13.7. The minimum Gasteiger partial charge on any atom is -0.364 e. The van der Waals surface area contributed by atoms with E-state index < -0.39 is 6.10 Å². The van der Waals surface area contributed by atoms with Crippen molar-refractivity contribution < 1.29 is 9.53 Å². The van der Waals surface area contributed by atoms with E-state index in [9.17, 15) is 4.79 Å². The van der Waals surface area contributed by atoms with Crippen molar-refractivity contribution >= 4 is 23.3 Å². The Kier molecular flexibility index (Phi) is 5.70. The fraction of sp³-hybridized carbons (Fsp3) is 0.562. The highest BCUT2D eigenvalue weighted by Crippen LogP contribution is 2.22. The Hall–Kier alpha value is -1.64. The van der Waals surface area contributed by atoms with E-state index in [1.54, 1.807) is 11.8 Å². The summed E-state index contributed by atoms with van der Waals surface area (Å²) in [5.41, 5.74) is 6.40. The van der Waals surface area contributed by atoms with Gasteiger partial charge in [0.2, 0.25) is 5.91 Å². The zero-order valence-corrected chi connectivity index (χ0v) is 14.5. The van der Waals surface area contributed by atoms with Crippen LogP contribution in [0.2, 0.25) is 0 Å². The van der Waals surface area contributed by atoms with Crippen LogP contribution in [-0.4, -0.2) is 51.3 Å². The van der Waals surface area contributed by atoms with E-state index in [1.165, 1.54) is 0 Å². The first-order valence-electron chi connectivity index (χ1n) is 8.17. The van der Waals surface area contributed by atoms with Crippen LogP contribution < -0.4 is 11.1 Å². The molecule has 7 nitrogen and oxygen atoms in total. The van der Waals surface area contributed by atoms with Gasteiger partial charge in [-0.3, -0.25) is 9.20 Å². The molecule has 1 aliphatic rings. The standard InChI is InChI=1S/C16H23N5O2S/c1-24-9-7-12(15-20-19-14-4-2-3-8-21(14)15)18-16(22)13-6-5-11(10-17)23-13/h2-4,8,11-13H,5-7,9-10,17H2,1H3,(H,18,22)/t11-,12?,13+/m1/s1. The highest BCUT2D eigenvalue weighted by molar-refractivity contribution is 7.98. The Balaban J connectivity index is 1.75. The number of amides is 1. The topological polar surface area (TPSA) is 94.5 Å². The number of aromatic nitrogens is 3. The molecule has 0 radical (unpaired) electrons. The summed E-state index contributed by atoms with van der Waals surface area (Å²) in [5.74, 6) is 1.58. The van der Waals surface area contributed by atoms with Crippen LogP contribution in [0.5, 0.6) is 0 Å². The van der Waals surface area contributed by atoms with E-state index in [4.69, 9.17) is 10.5 Å². The SMILES string of the molecule is CSCCC(NC(=O)[C@@H]1CC[C@H](CN)O1)c1nnc2ccccn12. The number of nitrogens with zero attached hydrogens (tertiary/aromatic N) is 3. The van der Waals surface area contributed by atoms with E-state index in [-0.39, 0.29) is 18.1 Å². The Morgan fingerprint density at radius 3 is 3.12 bits per heavy atom. The molecule has 8 heteroatoms. The second-order valence-corrected chi connectivity index (χ2v) is 6.88. The smallest absolute Gasteiger partial charge is 0.249 e. The molecule has 3 rings (SSSR count). The van der Waals surface area contributed by atoms with Crippen LogP contribution in [0.4, 0.5) is 0 Å². The number of ether oxygens (including phenoxy) is 1. The predicted molar refractivity (Wildman–Crippen MR) is 93.8 cm³/mol. The van der Waals surface area contributed by atoms with E-state index in [0.717, 1.165) is 30.1 Å². The summed E-state index contributed by atoms with van der Waals surface area (Å²) in [6, 6.07) is 5.56. The number of nitrogens with two attached hydrogens (primary N) is 1. The van der Waals surface area contributed by atoms with Crippen LogP contribution >= 0.6 is 11.8 Å². The highest BCUT2D eigenvalue weighted by atomic mass is 32.2. The van der Waals surface area contributed by atoms with Crippen molar-refractivity contribution in [3.8, 4) is 0 Å². The Morgan fingerprint density at radius 1 is 1.50 bits per heavy atom.